The van der Waals surface area contributed by atoms with Gasteiger partial charge in [-0.3, -0.25) is 19.4 Å². The van der Waals surface area contributed by atoms with E-state index < -0.39 is 69.8 Å². The Morgan fingerprint density at radius 2 is 1.51 bits per heavy atom. The highest BCUT2D eigenvalue weighted by Crippen LogP contribution is 2.44. The molecule has 4 aromatic rings. The molecule has 81 heavy (non-hydrogen) atoms. The summed E-state index contributed by atoms with van der Waals surface area (Å²) in [5, 5.41) is 6.66. The van der Waals surface area contributed by atoms with Gasteiger partial charge in [0.1, 0.15) is 17.1 Å². The Morgan fingerprint density at radius 3 is 2.17 bits per heavy atom. The van der Waals surface area contributed by atoms with Crippen molar-refractivity contribution < 1.29 is 63.3 Å². The number of halogens is 4. The number of hydrogen-bond acceptors (Lipinski definition) is 16. The fraction of sp³-hybridized carbons (Fsp3) is 0.491. The smallest absolute Gasteiger partial charge is 0.458 e. The van der Waals surface area contributed by atoms with Crippen LogP contribution in [0.5, 0.6) is 0 Å². The molecule has 24 heteroatoms. The lowest BCUT2D eigenvalue weighted by Crippen LogP contribution is -2.48. The lowest BCUT2D eigenvalue weighted by molar-refractivity contribution is -0.160. The molecular weight excluding hydrogens is 1130 g/mol. The summed E-state index contributed by atoms with van der Waals surface area (Å²) < 4.78 is 120. The topological polar surface area (TPSA) is 202 Å². The molecule has 3 aliphatic rings. The van der Waals surface area contributed by atoms with Crippen LogP contribution in [-0.4, -0.2) is 166 Å². The van der Waals surface area contributed by atoms with Crippen LogP contribution in [0.3, 0.4) is 0 Å². The minimum atomic E-state index is -6.10. The third-order valence-electron chi connectivity index (χ3n) is 14.1. The molecular formula is C57H72ClF3N6O11S3. The van der Waals surface area contributed by atoms with Gasteiger partial charge in [0.25, 0.3) is 25.8 Å². The van der Waals surface area contributed by atoms with Crippen molar-refractivity contribution in [1.82, 2.24) is 19.8 Å². The van der Waals surface area contributed by atoms with Gasteiger partial charge in [0.05, 0.1) is 49.0 Å². The SMILES string of the molecule is CC(C)(C)OC(=O)COCCOCCNC(=O)C1(C)CCC(c2ccc(Cl)cc2)=C(CN2CCN(c3ccc(C(=O)NS(=O)(=O)c4ccc(N[C@H](CCN5CCOCC5)CSc5ccccc5)c(S(=O)(=O)C(F)(F)F)c4)cc3)CC2)C1. The number of anilines is 2. The van der Waals surface area contributed by atoms with E-state index in [1.54, 1.807) is 32.9 Å². The van der Waals surface area contributed by atoms with Crippen molar-refractivity contribution in [2.75, 3.05) is 115 Å². The van der Waals surface area contributed by atoms with E-state index in [9.17, 15) is 44.4 Å². The van der Waals surface area contributed by atoms with Crippen LogP contribution >= 0.6 is 23.4 Å². The van der Waals surface area contributed by atoms with Crippen molar-refractivity contribution in [3.63, 3.8) is 0 Å². The molecule has 0 spiro atoms. The van der Waals surface area contributed by atoms with Crippen molar-refractivity contribution in [2.45, 2.75) is 85.2 Å². The van der Waals surface area contributed by atoms with E-state index in [0.29, 0.717) is 115 Å². The first-order chi connectivity index (χ1) is 38.4. The number of thioether (sulfide) groups is 1. The maximum Gasteiger partial charge on any atom is 0.501 e. The third kappa shape index (κ3) is 18.4. The van der Waals surface area contributed by atoms with Crippen LogP contribution in [0.25, 0.3) is 5.57 Å². The van der Waals surface area contributed by atoms with E-state index >= 15 is 0 Å². The number of alkyl halides is 3. The van der Waals surface area contributed by atoms with Gasteiger partial charge in [0, 0.05) is 91.9 Å². The normalized spacial score (nSPS) is 18.3. The number of hydrogen-bond donors (Lipinski definition) is 3. The van der Waals surface area contributed by atoms with Crippen molar-refractivity contribution in [3.05, 3.63) is 119 Å². The first-order valence-corrected chi connectivity index (χ1v) is 31.2. The average molecular weight is 1210 g/mol. The second-order valence-electron chi connectivity index (χ2n) is 21.4. The van der Waals surface area contributed by atoms with Crippen LogP contribution in [0, 0.1) is 5.41 Å². The number of carbonyl (C=O) groups is 3. The van der Waals surface area contributed by atoms with Crippen LogP contribution in [0.2, 0.25) is 5.02 Å². The van der Waals surface area contributed by atoms with Gasteiger partial charge in [-0.1, -0.05) is 54.4 Å². The molecule has 0 aromatic heterocycles. The van der Waals surface area contributed by atoms with E-state index in [0.717, 1.165) is 33.9 Å². The second-order valence-corrected chi connectivity index (χ2v) is 26.5. The summed E-state index contributed by atoms with van der Waals surface area (Å²) in [6.45, 7) is 14.3. The maximum absolute atomic E-state index is 14.3. The van der Waals surface area contributed by atoms with Crippen LogP contribution in [0.4, 0.5) is 24.5 Å². The number of rotatable bonds is 25. The van der Waals surface area contributed by atoms with Crippen LogP contribution in [0.1, 0.15) is 69.3 Å². The summed E-state index contributed by atoms with van der Waals surface area (Å²) in [4.78, 5) is 44.5. The standard InChI is InChI=1S/C57H72ClF3N6O11S3/c1-55(2,3)78-52(68)39-77-35-34-75-31-23-62-54(70)56(4)22-20-49(41-10-14-44(58)15-11-41)43(37-56)38-66-25-27-67(28-26-66)46-16-12-42(13-17-46)53(69)64-81(73,74)48-18-19-50(51(36-48)80(71,72)57(59,60)61)63-45(21-24-65-29-32-76-33-30-65)40-79-47-8-6-5-7-9-47/h5-19,36,45,63H,20-35,37-40H2,1-4H3,(H,62,70)(H,64,69)/t45-,56?/m1/s1. The fourth-order valence-corrected chi connectivity index (χ4v) is 12.9. The summed E-state index contributed by atoms with van der Waals surface area (Å²) in [7, 11) is -11.0. The summed E-state index contributed by atoms with van der Waals surface area (Å²) in [6, 6.07) is 25.1. The quantitative estimate of drug-likeness (QED) is 0.0325. The van der Waals surface area contributed by atoms with Crippen molar-refractivity contribution >= 4 is 78.0 Å². The predicted molar refractivity (Wildman–Crippen MR) is 307 cm³/mol. The molecule has 2 saturated heterocycles. The number of morpholine rings is 1. The van der Waals surface area contributed by atoms with Gasteiger partial charge >= 0.3 is 11.5 Å². The number of nitrogens with zero attached hydrogens (tertiary/aromatic N) is 3. The van der Waals surface area contributed by atoms with E-state index in [1.807, 2.05) is 66.2 Å². The van der Waals surface area contributed by atoms with Crippen molar-refractivity contribution in [2.24, 2.45) is 5.41 Å². The first-order valence-electron chi connectivity index (χ1n) is 26.9. The summed E-state index contributed by atoms with van der Waals surface area (Å²) in [6.07, 6.45) is 2.28. The molecule has 2 aliphatic heterocycles. The molecule has 2 fully saturated rings. The van der Waals surface area contributed by atoms with E-state index in [-0.39, 0.29) is 37.9 Å². The Bertz CT molecular complexity index is 3030. The molecule has 1 unspecified atom stereocenters. The van der Waals surface area contributed by atoms with Crippen molar-refractivity contribution in [3.8, 4) is 0 Å². The molecule has 4 aromatic carbocycles. The molecule has 2 amide bonds. The van der Waals surface area contributed by atoms with Crippen LogP contribution in [-0.2, 0) is 48.4 Å². The monoisotopic (exact) mass is 1200 g/mol. The van der Waals surface area contributed by atoms with Crippen molar-refractivity contribution in [1.29, 1.82) is 0 Å². The van der Waals surface area contributed by atoms with Crippen LogP contribution < -0.4 is 20.3 Å². The zero-order valence-electron chi connectivity index (χ0n) is 46.0. The molecule has 2 heterocycles. The lowest BCUT2D eigenvalue weighted by atomic mass is 9.70. The first kappa shape index (κ1) is 63.3. The number of amides is 2. The maximum atomic E-state index is 14.3. The second kappa shape index (κ2) is 28.4. The highest BCUT2D eigenvalue weighted by Gasteiger charge is 2.49. The summed E-state index contributed by atoms with van der Waals surface area (Å²) in [5.74, 6) is -1.25. The largest absolute Gasteiger partial charge is 0.501 e. The molecule has 2 atom stereocenters. The third-order valence-corrected chi connectivity index (χ3v) is 18.3. The molecule has 0 bridgehead atoms. The lowest BCUT2D eigenvalue weighted by Gasteiger charge is -2.40. The number of benzene rings is 4. The zero-order valence-corrected chi connectivity index (χ0v) is 49.2. The van der Waals surface area contributed by atoms with Gasteiger partial charge < -0.3 is 34.5 Å². The molecule has 7 rings (SSSR count). The Morgan fingerprint density at radius 1 is 0.827 bits per heavy atom. The van der Waals surface area contributed by atoms with E-state index in [2.05, 4.69) is 25.3 Å². The van der Waals surface area contributed by atoms with Gasteiger partial charge in [-0.25, -0.2) is 26.4 Å². The van der Waals surface area contributed by atoms with Gasteiger partial charge in [-0.2, -0.15) is 13.2 Å². The zero-order chi connectivity index (χ0) is 58.4. The highest BCUT2D eigenvalue weighted by molar-refractivity contribution is 7.99. The predicted octanol–water partition coefficient (Wildman–Crippen LogP) is 8.30. The number of sulfone groups is 1. The number of esters is 1. The fourth-order valence-electron chi connectivity index (χ4n) is 9.71. The highest BCUT2D eigenvalue weighted by atomic mass is 35.5. The van der Waals surface area contributed by atoms with Crippen LogP contribution in [0.15, 0.2) is 117 Å². The van der Waals surface area contributed by atoms with Gasteiger partial charge in [-0.05, 0) is 124 Å². The molecule has 0 radical (unpaired) electrons. The van der Waals surface area contributed by atoms with E-state index in [4.69, 9.17) is 30.5 Å². The minimum Gasteiger partial charge on any atom is -0.458 e. The summed E-state index contributed by atoms with van der Waals surface area (Å²) in [5.41, 5.74) is -3.37. The molecule has 1 aliphatic carbocycles. The minimum absolute atomic E-state index is 0.0540. The molecule has 0 saturated carbocycles. The number of nitrogens with one attached hydrogen (secondary N) is 3. The Balaban J connectivity index is 0.953. The number of allylic oxidation sites excluding steroid dienone is 1. The molecule has 3 N–H and O–H groups in total. The number of carbonyl (C=O) groups excluding carboxylic acids is 3. The number of sulfonamides is 1. The molecule has 17 nitrogen and oxygen atoms in total. The Hall–Kier alpha value is -5.24. The average Bonchev–Trinajstić information content (AvgIpc) is 3.49. The summed E-state index contributed by atoms with van der Waals surface area (Å²) >= 11 is 7.70. The number of piperazine rings is 1. The number of ether oxygens (including phenoxy) is 4. The van der Waals surface area contributed by atoms with Gasteiger partial charge in [0.15, 0.2) is 0 Å². The van der Waals surface area contributed by atoms with Gasteiger partial charge in [0.2, 0.25) is 5.91 Å². The Labute approximate surface area is 482 Å². The van der Waals surface area contributed by atoms with Gasteiger partial charge in [-0.15, -0.1) is 11.8 Å². The Kier molecular flexibility index (Phi) is 22.2. The molecule has 442 valence electrons. The van der Waals surface area contributed by atoms with E-state index in [1.165, 1.54) is 29.5 Å².